The Labute approximate surface area is 113 Å². The summed E-state index contributed by atoms with van der Waals surface area (Å²) in [4.78, 5) is 0. The van der Waals surface area contributed by atoms with Crippen LogP contribution in [0.15, 0.2) is 0 Å². The molecule has 4 nitrogen and oxygen atoms in total. The quantitative estimate of drug-likeness (QED) is 0.885. The van der Waals surface area contributed by atoms with Gasteiger partial charge in [-0.25, -0.2) is 0 Å². The monoisotopic (exact) mass is 272 g/mol. The molecule has 1 unspecified atom stereocenters. The zero-order chi connectivity index (χ0) is 13.3. The maximum absolute atomic E-state index is 10.5. The molecule has 2 N–H and O–H groups in total. The number of aliphatic hydroxyl groups excluding tert-OH is 1. The normalized spacial score (nSPS) is 20.9. The van der Waals surface area contributed by atoms with Gasteiger partial charge in [-0.15, -0.1) is 0 Å². The lowest BCUT2D eigenvalue weighted by atomic mass is 9.79. The highest BCUT2D eigenvalue weighted by molar-refractivity contribution is 6.31. The third-order valence-electron chi connectivity index (χ3n) is 3.99. The number of aryl methyl sites for hydroxylation is 2. The molecule has 1 aliphatic rings. The molecule has 2 rings (SSSR count). The summed E-state index contributed by atoms with van der Waals surface area (Å²) in [6, 6.07) is 0. The summed E-state index contributed by atoms with van der Waals surface area (Å²) in [5, 5.41) is 25.6. The smallest absolute Gasteiger partial charge is 0.0909 e. The Morgan fingerprint density at radius 2 is 2.00 bits per heavy atom. The summed E-state index contributed by atoms with van der Waals surface area (Å²) in [6.07, 6.45) is 4.01. The van der Waals surface area contributed by atoms with Crippen molar-refractivity contribution < 1.29 is 10.2 Å². The summed E-state index contributed by atoms with van der Waals surface area (Å²) < 4.78 is 1.69. The SMILES string of the molecule is Cc1nn(C)c(CC(O)C2(O)CCCCC2)c1Cl. The Morgan fingerprint density at radius 3 is 2.50 bits per heavy atom. The number of halogens is 1. The van der Waals surface area contributed by atoms with Gasteiger partial charge in [-0.1, -0.05) is 30.9 Å². The average molecular weight is 273 g/mol. The number of rotatable bonds is 3. The third-order valence-corrected chi connectivity index (χ3v) is 4.48. The molecule has 1 fully saturated rings. The molecule has 5 heteroatoms. The molecule has 0 bridgehead atoms. The van der Waals surface area contributed by atoms with E-state index in [-0.39, 0.29) is 0 Å². The molecule has 18 heavy (non-hydrogen) atoms. The standard InChI is InChI=1S/C13H21ClN2O2/c1-9-12(14)10(16(2)15-9)8-11(17)13(18)6-4-3-5-7-13/h11,17-18H,3-8H2,1-2H3. The first-order valence-corrected chi connectivity index (χ1v) is 6.90. The van der Waals surface area contributed by atoms with Crippen LogP contribution in [0.1, 0.15) is 43.5 Å². The van der Waals surface area contributed by atoms with Crippen LogP contribution in [0.25, 0.3) is 0 Å². The molecule has 1 saturated carbocycles. The molecule has 0 spiro atoms. The summed E-state index contributed by atoms with van der Waals surface area (Å²) in [7, 11) is 1.81. The predicted octanol–water partition coefficient (Wildman–Crippen LogP) is 1.98. The van der Waals surface area contributed by atoms with Crippen LogP contribution in [0.3, 0.4) is 0 Å². The minimum absolute atomic E-state index is 0.354. The molecule has 0 radical (unpaired) electrons. The van der Waals surface area contributed by atoms with Crippen LogP contribution < -0.4 is 0 Å². The Bertz CT molecular complexity index is 425. The van der Waals surface area contributed by atoms with Gasteiger partial charge in [0.25, 0.3) is 0 Å². The molecule has 1 aromatic rings. The van der Waals surface area contributed by atoms with E-state index < -0.39 is 11.7 Å². The van der Waals surface area contributed by atoms with E-state index in [4.69, 9.17) is 11.6 Å². The number of aliphatic hydroxyl groups is 2. The molecule has 1 aliphatic carbocycles. The molecule has 0 saturated heterocycles. The first-order chi connectivity index (χ1) is 8.44. The summed E-state index contributed by atoms with van der Waals surface area (Å²) in [5.41, 5.74) is 0.595. The van der Waals surface area contributed by atoms with Gasteiger partial charge in [0.15, 0.2) is 0 Å². The van der Waals surface area contributed by atoms with Crippen LogP contribution >= 0.6 is 11.6 Å². The molecule has 1 aromatic heterocycles. The van der Waals surface area contributed by atoms with Gasteiger partial charge in [0.2, 0.25) is 0 Å². The van der Waals surface area contributed by atoms with Crippen molar-refractivity contribution in [3.8, 4) is 0 Å². The number of hydrogen-bond donors (Lipinski definition) is 2. The minimum atomic E-state index is -0.959. The fraction of sp³-hybridized carbons (Fsp3) is 0.769. The van der Waals surface area contributed by atoms with Gasteiger partial charge in [0, 0.05) is 13.5 Å². The lowest BCUT2D eigenvalue weighted by molar-refractivity contribution is -0.0966. The predicted molar refractivity (Wildman–Crippen MR) is 70.7 cm³/mol. The van der Waals surface area contributed by atoms with Gasteiger partial charge in [-0.2, -0.15) is 5.10 Å². The van der Waals surface area contributed by atoms with E-state index in [2.05, 4.69) is 5.10 Å². The first-order valence-electron chi connectivity index (χ1n) is 6.52. The topological polar surface area (TPSA) is 58.3 Å². The third kappa shape index (κ3) is 2.56. The minimum Gasteiger partial charge on any atom is -0.390 e. The Hall–Kier alpha value is -0.580. The molecular formula is C13H21ClN2O2. The number of aromatic nitrogens is 2. The van der Waals surface area contributed by atoms with E-state index >= 15 is 0 Å². The van der Waals surface area contributed by atoms with Gasteiger partial charge in [0.1, 0.15) is 0 Å². The Balaban J connectivity index is 2.13. The molecule has 1 atom stereocenters. The van der Waals surface area contributed by atoms with Gasteiger partial charge in [0.05, 0.1) is 28.1 Å². The van der Waals surface area contributed by atoms with Crippen LogP contribution in [0.4, 0.5) is 0 Å². The zero-order valence-corrected chi connectivity index (χ0v) is 11.7. The lowest BCUT2D eigenvalue weighted by Crippen LogP contribution is -2.45. The molecule has 102 valence electrons. The van der Waals surface area contributed by atoms with E-state index in [1.807, 2.05) is 14.0 Å². The van der Waals surface area contributed by atoms with Crippen molar-refractivity contribution in [3.05, 3.63) is 16.4 Å². The van der Waals surface area contributed by atoms with Crippen molar-refractivity contribution in [2.75, 3.05) is 0 Å². The van der Waals surface area contributed by atoms with Gasteiger partial charge >= 0.3 is 0 Å². The van der Waals surface area contributed by atoms with Crippen LogP contribution in [0.5, 0.6) is 0 Å². The Kier molecular flexibility index (Phi) is 3.99. The maximum atomic E-state index is 10.5. The van der Waals surface area contributed by atoms with E-state index in [1.54, 1.807) is 4.68 Å². The van der Waals surface area contributed by atoms with Crippen LogP contribution in [0, 0.1) is 6.92 Å². The van der Waals surface area contributed by atoms with Gasteiger partial charge in [-0.3, -0.25) is 4.68 Å². The molecule has 0 aromatic carbocycles. The second kappa shape index (κ2) is 5.19. The van der Waals surface area contributed by atoms with E-state index in [1.165, 1.54) is 0 Å². The maximum Gasteiger partial charge on any atom is 0.0909 e. The summed E-state index contributed by atoms with van der Waals surface area (Å²) >= 11 is 6.17. The zero-order valence-electron chi connectivity index (χ0n) is 11.0. The van der Waals surface area contributed by atoms with E-state index in [0.717, 1.165) is 30.7 Å². The van der Waals surface area contributed by atoms with E-state index in [0.29, 0.717) is 24.3 Å². The second-order valence-corrected chi connectivity index (χ2v) is 5.73. The highest BCUT2D eigenvalue weighted by atomic mass is 35.5. The number of nitrogens with zero attached hydrogens (tertiary/aromatic N) is 2. The average Bonchev–Trinajstić information content (AvgIpc) is 2.57. The van der Waals surface area contributed by atoms with Crippen molar-refractivity contribution in [3.63, 3.8) is 0 Å². The van der Waals surface area contributed by atoms with E-state index in [9.17, 15) is 10.2 Å². The van der Waals surface area contributed by atoms with Crippen LogP contribution in [-0.4, -0.2) is 31.7 Å². The molecule has 0 amide bonds. The van der Waals surface area contributed by atoms with Crippen molar-refractivity contribution in [2.24, 2.45) is 7.05 Å². The van der Waals surface area contributed by atoms with Crippen LogP contribution in [-0.2, 0) is 13.5 Å². The second-order valence-electron chi connectivity index (χ2n) is 5.35. The van der Waals surface area contributed by atoms with Crippen LogP contribution in [0.2, 0.25) is 5.02 Å². The van der Waals surface area contributed by atoms with Gasteiger partial charge < -0.3 is 10.2 Å². The molecule has 0 aliphatic heterocycles. The summed E-state index contributed by atoms with van der Waals surface area (Å²) in [6.45, 7) is 1.84. The fourth-order valence-corrected chi connectivity index (χ4v) is 3.01. The van der Waals surface area contributed by atoms with Crippen molar-refractivity contribution in [2.45, 2.75) is 57.2 Å². The lowest BCUT2D eigenvalue weighted by Gasteiger charge is -2.36. The number of hydrogen-bond acceptors (Lipinski definition) is 3. The highest BCUT2D eigenvalue weighted by Gasteiger charge is 2.37. The highest BCUT2D eigenvalue weighted by Crippen LogP contribution is 2.33. The van der Waals surface area contributed by atoms with Crippen molar-refractivity contribution in [1.29, 1.82) is 0 Å². The molecule has 1 heterocycles. The Morgan fingerprint density at radius 1 is 1.39 bits per heavy atom. The molecular weight excluding hydrogens is 252 g/mol. The van der Waals surface area contributed by atoms with Crippen molar-refractivity contribution in [1.82, 2.24) is 9.78 Å². The summed E-state index contributed by atoms with van der Waals surface area (Å²) in [5.74, 6) is 0. The first kappa shape index (κ1) is 13.8. The van der Waals surface area contributed by atoms with Crippen molar-refractivity contribution >= 4 is 11.6 Å². The van der Waals surface area contributed by atoms with Gasteiger partial charge in [-0.05, 0) is 19.8 Å². The fourth-order valence-electron chi connectivity index (χ4n) is 2.77. The largest absolute Gasteiger partial charge is 0.390 e.